The normalized spacial score (nSPS) is 16.0. The van der Waals surface area contributed by atoms with Crippen molar-refractivity contribution in [3.63, 3.8) is 0 Å². The van der Waals surface area contributed by atoms with E-state index in [9.17, 15) is 9.59 Å². The summed E-state index contributed by atoms with van der Waals surface area (Å²) in [7, 11) is 0. The van der Waals surface area contributed by atoms with Gasteiger partial charge in [0.15, 0.2) is 0 Å². The summed E-state index contributed by atoms with van der Waals surface area (Å²) in [5.41, 5.74) is 3.44. The van der Waals surface area contributed by atoms with Crippen LogP contribution in [-0.2, 0) is 17.8 Å². The van der Waals surface area contributed by atoms with E-state index in [2.05, 4.69) is 29.2 Å². The molecule has 5 nitrogen and oxygen atoms in total. The monoisotopic (exact) mass is 359 g/mol. The van der Waals surface area contributed by atoms with Crippen LogP contribution in [0.2, 0.25) is 0 Å². The second-order valence-corrected chi connectivity index (χ2v) is 6.71. The molecule has 0 N–H and O–H groups in total. The molecule has 136 valence electrons. The van der Waals surface area contributed by atoms with Crippen LogP contribution in [0.25, 0.3) is 0 Å². The van der Waals surface area contributed by atoms with Gasteiger partial charge in [-0.1, -0.05) is 54.6 Å². The standard InChI is InChI=1S/C22H21N3O2/c26-20-10-13-23-16-24(20)14-12-21(27)25-15-11-17-6-4-5-9-19(17)22(25)18-7-2-1-3-8-18/h1-10,13,16,22H,11-12,14-15H2/t22-/m0/s1. The zero-order chi connectivity index (χ0) is 18.6. The van der Waals surface area contributed by atoms with Crippen molar-refractivity contribution < 1.29 is 4.79 Å². The molecule has 0 fully saturated rings. The second-order valence-electron chi connectivity index (χ2n) is 6.71. The van der Waals surface area contributed by atoms with E-state index in [-0.39, 0.29) is 23.9 Å². The van der Waals surface area contributed by atoms with E-state index in [1.165, 1.54) is 34.3 Å². The Hall–Kier alpha value is -3.21. The molecular formula is C22H21N3O2. The van der Waals surface area contributed by atoms with E-state index in [0.29, 0.717) is 13.1 Å². The van der Waals surface area contributed by atoms with Crippen LogP contribution in [0.3, 0.4) is 0 Å². The molecule has 0 radical (unpaired) electrons. The SMILES string of the molecule is O=C(CCn1cnccc1=O)N1CCc2ccccc2[C@@H]1c1ccccc1. The lowest BCUT2D eigenvalue weighted by molar-refractivity contribution is -0.133. The van der Waals surface area contributed by atoms with Crippen LogP contribution in [0.15, 0.2) is 78.0 Å². The van der Waals surface area contributed by atoms with Gasteiger partial charge in [-0.3, -0.25) is 14.2 Å². The largest absolute Gasteiger partial charge is 0.331 e. The van der Waals surface area contributed by atoms with Crippen molar-refractivity contribution in [3.8, 4) is 0 Å². The topological polar surface area (TPSA) is 55.2 Å². The molecule has 1 atom stereocenters. The maximum absolute atomic E-state index is 13.1. The van der Waals surface area contributed by atoms with Crippen LogP contribution >= 0.6 is 0 Å². The van der Waals surface area contributed by atoms with E-state index in [4.69, 9.17) is 0 Å². The highest BCUT2D eigenvalue weighted by atomic mass is 16.2. The van der Waals surface area contributed by atoms with Gasteiger partial charge in [0.1, 0.15) is 0 Å². The Bertz CT molecular complexity index is 997. The summed E-state index contributed by atoms with van der Waals surface area (Å²) in [6.07, 6.45) is 4.07. The number of hydrogen-bond donors (Lipinski definition) is 0. The van der Waals surface area contributed by atoms with Gasteiger partial charge < -0.3 is 4.90 Å². The van der Waals surface area contributed by atoms with Gasteiger partial charge in [0.05, 0.1) is 12.4 Å². The van der Waals surface area contributed by atoms with Crippen molar-refractivity contribution in [2.75, 3.05) is 6.54 Å². The molecular weight excluding hydrogens is 338 g/mol. The first-order valence-corrected chi connectivity index (χ1v) is 9.17. The quantitative estimate of drug-likeness (QED) is 0.720. The van der Waals surface area contributed by atoms with Gasteiger partial charge >= 0.3 is 0 Å². The average Bonchev–Trinajstić information content (AvgIpc) is 2.72. The van der Waals surface area contributed by atoms with E-state index in [0.717, 1.165) is 12.0 Å². The molecule has 1 amide bonds. The van der Waals surface area contributed by atoms with Gasteiger partial charge in [0.2, 0.25) is 5.91 Å². The van der Waals surface area contributed by atoms with Crippen LogP contribution < -0.4 is 5.56 Å². The Morgan fingerprint density at radius 1 is 1.04 bits per heavy atom. The highest BCUT2D eigenvalue weighted by molar-refractivity contribution is 5.77. The minimum atomic E-state index is -0.138. The number of amides is 1. The van der Waals surface area contributed by atoms with E-state index >= 15 is 0 Å². The van der Waals surface area contributed by atoms with Crippen molar-refractivity contribution >= 4 is 5.91 Å². The lowest BCUT2D eigenvalue weighted by Gasteiger charge is -2.38. The smallest absolute Gasteiger partial charge is 0.253 e. The van der Waals surface area contributed by atoms with Crippen LogP contribution in [0.4, 0.5) is 0 Å². The molecule has 0 saturated carbocycles. The first-order valence-electron chi connectivity index (χ1n) is 9.17. The summed E-state index contributed by atoms with van der Waals surface area (Å²) in [5.74, 6) is 0.0501. The minimum absolute atomic E-state index is 0.0501. The van der Waals surface area contributed by atoms with Crippen molar-refractivity contribution in [1.29, 1.82) is 0 Å². The molecule has 4 rings (SSSR count). The molecule has 1 aliphatic heterocycles. The van der Waals surface area contributed by atoms with E-state index < -0.39 is 0 Å². The van der Waals surface area contributed by atoms with Crippen LogP contribution in [0.5, 0.6) is 0 Å². The predicted octanol–water partition coefficient (Wildman–Crippen LogP) is 2.81. The predicted molar refractivity (Wildman–Crippen MR) is 103 cm³/mol. The summed E-state index contributed by atoms with van der Waals surface area (Å²) < 4.78 is 1.48. The Labute approximate surface area is 157 Å². The highest BCUT2D eigenvalue weighted by Gasteiger charge is 2.31. The molecule has 0 spiro atoms. The van der Waals surface area contributed by atoms with Crippen molar-refractivity contribution in [3.05, 3.63) is 100 Å². The molecule has 1 aromatic heterocycles. The van der Waals surface area contributed by atoms with Crippen molar-refractivity contribution in [1.82, 2.24) is 14.5 Å². The van der Waals surface area contributed by atoms with Gasteiger partial charge in [-0.2, -0.15) is 0 Å². The summed E-state index contributed by atoms with van der Waals surface area (Å²) in [6.45, 7) is 1.02. The molecule has 2 aromatic carbocycles. The Morgan fingerprint density at radius 3 is 2.63 bits per heavy atom. The Kier molecular flexibility index (Phi) is 4.83. The van der Waals surface area contributed by atoms with Gasteiger partial charge in [-0.05, 0) is 23.1 Å². The minimum Gasteiger partial charge on any atom is -0.331 e. The lowest BCUT2D eigenvalue weighted by atomic mass is 9.88. The third-order valence-electron chi connectivity index (χ3n) is 5.08. The zero-order valence-corrected chi connectivity index (χ0v) is 15.0. The fraction of sp³-hybridized carbons (Fsp3) is 0.227. The number of carbonyl (C=O) groups excluding carboxylic acids is 1. The number of carbonyl (C=O) groups is 1. The van der Waals surface area contributed by atoms with Gasteiger partial charge in [-0.25, -0.2) is 4.98 Å². The second kappa shape index (κ2) is 7.58. The number of hydrogen-bond acceptors (Lipinski definition) is 3. The number of aromatic nitrogens is 2. The fourth-order valence-electron chi connectivity index (χ4n) is 3.74. The summed E-state index contributed by atoms with van der Waals surface area (Å²) in [6, 6.07) is 19.8. The first kappa shape index (κ1) is 17.2. The van der Waals surface area contributed by atoms with Gasteiger partial charge in [0.25, 0.3) is 5.56 Å². The molecule has 27 heavy (non-hydrogen) atoms. The average molecular weight is 359 g/mol. The van der Waals surface area contributed by atoms with Gasteiger partial charge in [-0.15, -0.1) is 0 Å². The molecule has 0 saturated heterocycles. The van der Waals surface area contributed by atoms with Crippen LogP contribution in [0, 0.1) is 0 Å². The summed E-state index contributed by atoms with van der Waals surface area (Å²) >= 11 is 0. The highest BCUT2D eigenvalue weighted by Crippen LogP contribution is 2.35. The molecule has 0 aliphatic carbocycles. The Morgan fingerprint density at radius 2 is 1.81 bits per heavy atom. The maximum atomic E-state index is 13.1. The van der Waals surface area contributed by atoms with Crippen LogP contribution in [0.1, 0.15) is 29.2 Å². The van der Waals surface area contributed by atoms with Crippen molar-refractivity contribution in [2.24, 2.45) is 0 Å². The lowest BCUT2D eigenvalue weighted by Crippen LogP contribution is -2.41. The Balaban J connectivity index is 1.62. The van der Waals surface area contributed by atoms with E-state index in [1.54, 1.807) is 0 Å². The molecule has 3 aromatic rings. The molecule has 0 unspecified atom stereocenters. The molecule has 5 heteroatoms. The number of aryl methyl sites for hydroxylation is 1. The third kappa shape index (κ3) is 3.53. The zero-order valence-electron chi connectivity index (χ0n) is 15.0. The van der Waals surface area contributed by atoms with Crippen molar-refractivity contribution in [2.45, 2.75) is 25.4 Å². The number of nitrogens with zero attached hydrogens (tertiary/aromatic N) is 3. The molecule has 2 heterocycles. The molecule has 1 aliphatic rings. The third-order valence-corrected chi connectivity index (χ3v) is 5.08. The summed E-state index contributed by atoms with van der Waals surface area (Å²) in [4.78, 5) is 30.8. The van der Waals surface area contributed by atoms with E-state index in [1.807, 2.05) is 35.2 Å². The fourth-order valence-corrected chi connectivity index (χ4v) is 3.74. The number of rotatable bonds is 4. The van der Waals surface area contributed by atoms with Crippen LogP contribution in [-0.4, -0.2) is 26.9 Å². The first-order chi connectivity index (χ1) is 13.2. The number of fused-ring (bicyclic) bond motifs is 1. The summed E-state index contributed by atoms with van der Waals surface area (Å²) in [5, 5.41) is 0. The van der Waals surface area contributed by atoms with Gasteiger partial charge in [0, 0.05) is 31.8 Å². The number of benzene rings is 2. The molecule has 0 bridgehead atoms. The maximum Gasteiger partial charge on any atom is 0.253 e.